The lowest BCUT2D eigenvalue weighted by Crippen LogP contribution is -2.18. The summed E-state index contributed by atoms with van der Waals surface area (Å²) in [7, 11) is 1.69. The first-order chi connectivity index (χ1) is 16.8. The number of methoxy groups -OCH3 is 1. The number of ether oxygens (including phenoxy) is 2. The van der Waals surface area contributed by atoms with Gasteiger partial charge in [-0.25, -0.2) is 9.67 Å². The van der Waals surface area contributed by atoms with Crippen molar-refractivity contribution < 1.29 is 22.8 Å². The molecule has 184 valence electrons. The Balaban J connectivity index is 1.44. The minimum absolute atomic E-state index is 0.0373. The lowest BCUT2D eigenvalue weighted by atomic mass is 10.2. The Morgan fingerprint density at radius 1 is 1.09 bits per heavy atom. The van der Waals surface area contributed by atoms with Crippen LogP contribution in [-0.4, -0.2) is 51.3 Å². The van der Waals surface area contributed by atoms with Gasteiger partial charge in [0.25, 0.3) is 5.89 Å². The topological polar surface area (TPSA) is 100 Å². The van der Waals surface area contributed by atoms with Gasteiger partial charge in [-0.3, -0.25) is 0 Å². The van der Waals surface area contributed by atoms with E-state index in [0.717, 1.165) is 24.2 Å². The second-order valence-corrected chi connectivity index (χ2v) is 7.97. The molecule has 9 nitrogen and oxygen atoms in total. The summed E-state index contributed by atoms with van der Waals surface area (Å²) < 4.78 is 42.7. The zero-order valence-corrected chi connectivity index (χ0v) is 19.7. The smallest absolute Gasteiger partial charge is 0.394 e. The van der Waals surface area contributed by atoms with Gasteiger partial charge in [0.15, 0.2) is 0 Å². The van der Waals surface area contributed by atoms with Gasteiger partial charge in [-0.15, -0.1) is 5.10 Å². The molecule has 0 unspecified atom stereocenters. The molecule has 4 aromatic rings. The van der Waals surface area contributed by atoms with Crippen LogP contribution in [0.25, 0.3) is 23.1 Å². The summed E-state index contributed by atoms with van der Waals surface area (Å²) in [6, 6.07) is 14.1. The highest BCUT2D eigenvalue weighted by molar-refractivity contribution is 5.57. The molecule has 1 N–H and O–H groups in total. The summed E-state index contributed by atoms with van der Waals surface area (Å²) in [5.74, 6) is 1.49. The number of anilines is 1. The Morgan fingerprint density at radius 2 is 1.89 bits per heavy atom. The van der Waals surface area contributed by atoms with Crippen LogP contribution in [0, 0.1) is 6.92 Å². The summed E-state index contributed by atoms with van der Waals surface area (Å²) in [4.78, 5) is 8.81. The van der Waals surface area contributed by atoms with Crippen molar-refractivity contribution in [2.45, 2.75) is 32.9 Å². The van der Waals surface area contributed by atoms with E-state index in [2.05, 4.69) is 36.3 Å². The number of nitrogens with one attached hydrogen (secondary N) is 1. The predicted octanol–water partition coefficient (Wildman–Crippen LogP) is 4.79. The summed E-state index contributed by atoms with van der Waals surface area (Å²) in [6.07, 6.45) is -2.34. The standard InChI is InChI=1S/C24H26F2N6O3/c1-16-28-22(30-32(16)15-17-6-4-7-19(14-17)27-12-5-13-33-3)23-29-21(31-35-23)18-8-10-20(11-9-18)34-24(2,25)26/h4,6-11,14,27H,5,12-13,15H2,1-3H3. The summed E-state index contributed by atoms with van der Waals surface area (Å²) >= 11 is 0. The van der Waals surface area contributed by atoms with E-state index in [1.54, 1.807) is 23.9 Å². The van der Waals surface area contributed by atoms with E-state index in [1.165, 1.54) is 12.1 Å². The van der Waals surface area contributed by atoms with Gasteiger partial charge >= 0.3 is 6.11 Å². The summed E-state index contributed by atoms with van der Waals surface area (Å²) in [5.41, 5.74) is 2.67. The number of hydrogen-bond donors (Lipinski definition) is 1. The van der Waals surface area contributed by atoms with Crippen molar-refractivity contribution in [3.63, 3.8) is 0 Å². The molecule has 0 spiro atoms. The predicted molar refractivity (Wildman–Crippen MR) is 125 cm³/mol. The van der Waals surface area contributed by atoms with Gasteiger partial charge in [0.1, 0.15) is 11.6 Å². The van der Waals surface area contributed by atoms with Crippen molar-refractivity contribution in [1.82, 2.24) is 24.9 Å². The van der Waals surface area contributed by atoms with Crippen molar-refractivity contribution in [1.29, 1.82) is 0 Å². The van der Waals surface area contributed by atoms with Gasteiger partial charge < -0.3 is 19.3 Å². The van der Waals surface area contributed by atoms with Gasteiger partial charge in [-0.2, -0.15) is 13.8 Å². The SMILES string of the molecule is COCCCNc1cccc(Cn2nc(-c3nc(-c4ccc(OC(C)(F)F)cc4)no3)nc2C)c1. The number of halogens is 2. The van der Waals surface area contributed by atoms with Crippen molar-refractivity contribution in [3.05, 3.63) is 59.9 Å². The van der Waals surface area contributed by atoms with Crippen LogP contribution in [-0.2, 0) is 11.3 Å². The molecule has 0 fully saturated rings. The van der Waals surface area contributed by atoms with Gasteiger partial charge in [-0.1, -0.05) is 17.3 Å². The van der Waals surface area contributed by atoms with Crippen LogP contribution >= 0.6 is 0 Å². The first-order valence-corrected chi connectivity index (χ1v) is 11.1. The maximum absolute atomic E-state index is 13.0. The van der Waals surface area contributed by atoms with Crippen molar-refractivity contribution >= 4 is 5.69 Å². The maximum Gasteiger partial charge on any atom is 0.394 e. The van der Waals surface area contributed by atoms with Crippen LogP contribution in [0.5, 0.6) is 5.75 Å². The normalized spacial score (nSPS) is 11.6. The van der Waals surface area contributed by atoms with Crippen LogP contribution in [0.15, 0.2) is 53.1 Å². The van der Waals surface area contributed by atoms with E-state index in [4.69, 9.17) is 9.26 Å². The first kappa shape index (κ1) is 24.3. The fourth-order valence-electron chi connectivity index (χ4n) is 3.37. The molecule has 0 atom stereocenters. The van der Waals surface area contributed by atoms with Crippen LogP contribution in [0.4, 0.5) is 14.5 Å². The van der Waals surface area contributed by atoms with Crippen molar-refractivity contribution in [3.8, 4) is 28.9 Å². The van der Waals surface area contributed by atoms with Crippen molar-refractivity contribution in [2.75, 3.05) is 25.6 Å². The Morgan fingerprint density at radius 3 is 2.63 bits per heavy atom. The van der Waals surface area contributed by atoms with Crippen LogP contribution in [0.3, 0.4) is 0 Å². The Hall–Kier alpha value is -3.86. The lowest BCUT2D eigenvalue weighted by molar-refractivity contribution is -0.158. The molecule has 4 rings (SSSR count). The lowest BCUT2D eigenvalue weighted by Gasteiger charge is -2.12. The largest absolute Gasteiger partial charge is 0.433 e. The highest BCUT2D eigenvalue weighted by atomic mass is 19.3. The van der Waals surface area contributed by atoms with Crippen molar-refractivity contribution in [2.24, 2.45) is 0 Å². The number of hydrogen-bond acceptors (Lipinski definition) is 8. The van der Waals surface area contributed by atoms with Crippen LogP contribution < -0.4 is 10.1 Å². The van der Waals surface area contributed by atoms with Gasteiger partial charge in [0, 0.05) is 38.4 Å². The molecular weight excluding hydrogens is 458 g/mol. The molecule has 0 radical (unpaired) electrons. The van der Waals surface area contributed by atoms with E-state index in [1.807, 2.05) is 25.1 Å². The monoisotopic (exact) mass is 484 g/mol. The number of alkyl halides is 2. The molecule has 0 aliphatic carbocycles. The maximum atomic E-state index is 13.0. The second kappa shape index (κ2) is 10.6. The Kier molecular flexibility index (Phi) is 7.35. The van der Waals surface area contributed by atoms with Gasteiger partial charge in [-0.05, 0) is 55.3 Å². The molecule has 11 heteroatoms. The molecule has 2 heterocycles. The summed E-state index contributed by atoms with van der Waals surface area (Å²) in [5, 5.41) is 11.9. The second-order valence-electron chi connectivity index (χ2n) is 7.97. The molecular formula is C24H26F2N6O3. The van der Waals surface area contributed by atoms with E-state index >= 15 is 0 Å². The molecule has 0 aliphatic rings. The first-order valence-electron chi connectivity index (χ1n) is 11.1. The van der Waals surface area contributed by atoms with E-state index in [0.29, 0.717) is 37.3 Å². The van der Waals surface area contributed by atoms with E-state index < -0.39 is 6.11 Å². The van der Waals surface area contributed by atoms with Gasteiger partial charge in [0.2, 0.25) is 11.6 Å². The van der Waals surface area contributed by atoms with Gasteiger partial charge in [0.05, 0.1) is 6.54 Å². The fraction of sp³-hybridized carbons (Fsp3) is 0.333. The third-order valence-corrected chi connectivity index (χ3v) is 5.00. The zero-order valence-electron chi connectivity index (χ0n) is 19.7. The average molecular weight is 485 g/mol. The molecule has 0 aliphatic heterocycles. The minimum Gasteiger partial charge on any atom is -0.433 e. The zero-order chi connectivity index (χ0) is 24.8. The number of aromatic nitrogens is 5. The highest BCUT2D eigenvalue weighted by Gasteiger charge is 2.23. The number of benzene rings is 2. The molecule has 2 aromatic heterocycles. The number of aryl methyl sites for hydroxylation is 1. The molecule has 0 amide bonds. The quantitative estimate of drug-likeness (QED) is 0.303. The number of rotatable bonds is 11. The molecule has 2 aromatic carbocycles. The third kappa shape index (κ3) is 6.60. The molecule has 0 saturated heterocycles. The van der Waals surface area contributed by atoms with E-state index in [-0.39, 0.29) is 17.5 Å². The Bertz CT molecular complexity index is 1250. The third-order valence-electron chi connectivity index (χ3n) is 5.00. The minimum atomic E-state index is -3.26. The summed E-state index contributed by atoms with van der Waals surface area (Å²) in [6.45, 7) is 4.59. The molecule has 35 heavy (non-hydrogen) atoms. The number of nitrogens with zero attached hydrogens (tertiary/aromatic N) is 5. The van der Waals surface area contributed by atoms with E-state index in [9.17, 15) is 8.78 Å². The fourth-order valence-corrected chi connectivity index (χ4v) is 3.37. The highest BCUT2D eigenvalue weighted by Crippen LogP contribution is 2.25. The van der Waals surface area contributed by atoms with Crippen LogP contribution in [0.1, 0.15) is 24.7 Å². The van der Waals surface area contributed by atoms with Crippen LogP contribution in [0.2, 0.25) is 0 Å². The Labute approximate surface area is 201 Å². The molecule has 0 bridgehead atoms. The average Bonchev–Trinajstić information content (AvgIpc) is 3.44. The molecule has 0 saturated carbocycles.